The highest BCUT2D eigenvalue weighted by Crippen LogP contribution is 2.26. The van der Waals surface area contributed by atoms with Crippen LogP contribution in [0.3, 0.4) is 0 Å². The lowest BCUT2D eigenvalue weighted by molar-refractivity contribution is 0.0172. The molecule has 2 fully saturated rings. The van der Waals surface area contributed by atoms with E-state index < -0.39 is 40.7 Å². The summed E-state index contributed by atoms with van der Waals surface area (Å²) in [5, 5.41) is 0. The molecule has 0 atom stereocenters. The van der Waals surface area contributed by atoms with Crippen molar-refractivity contribution in [2.24, 2.45) is 11.8 Å². The molecule has 55 heavy (non-hydrogen) atoms. The lowest BCUT2D eigenvalue weighted by Gasteiger charge is -2.33. The van der Waals surface area contributed by atoms with Gasteiger partial charge in [0.25, 0.3) is 0 Å². The third-order valence-corrected chi connectivity index (χ3v) is 15.3. The number of nitrogens with zero attached hydrogens (tertiary/aromatic N) is 2. The minimum Gasteiger partial charge on any atom is -0.444 e. The van der Waals surface area contributed by atoms with Gasteiger partial charge in [0.2, 0.25) is 0 Å². The maximum atomic E-state index is 13.1. The van der Waals surface area contributed by atoms with Gasteiger partial charge in [0.05, 0.1) is 32.8 Å². The quantitative estimate of drug-likeness (QED) is 0.206. The van der Waals surface area contributed by atoms with Gasteiger partial charge in [-0.05, 0) is 140 Å². The van der Waals surface area contributed by atoms with Crippen LogP contribution in [0, 0.1) is 11.8 Å². The molecule has 0 unspecified atom stereocenters. The van der Waals surface area contributed by atoms with E-state index in [1.54, 1.807) is 34.1 Å². The molecular weight excluding hydrogens is 765 g/mol. The molecule has 2 heterocycles. The minimum atomic E-state index is -3.52. The second kappa shape index (κ2) is 18.4. The third-order valence-electron chi connectivity index (χ3n) is 10.1. The molecule has 0 bridgehead atoms. The zero-order chi connectivity index (χ0) is 40.7. The predicted octanol–water partition coefficient (Wildman–Crippen LogP) is 6.51. The number of ether oxygens (including phenoxy) is 2. The largest absolute Gasteiger partial charge is 0.444 e. The SMILES string of the molecule is CC(C)(C)OC(=O)N1CCC(CCS(=O)(=O)c2ccc(CCS(=O)(=O)CCc3ccc(S(=O)(=O)CCC4CCN(C(=O)OC(C)(C)C)CC4)cc3)cc2)CC1. The number of hydrogen-bond donors (Lipinski definition) is 0. The molecule has 15 heteroatoms. The third kappa shape index (κ3) is 14.7. The van der Waals surface area contributed by atoms with E-state index in [9.17, 15) is 34.8 Å². The van der Waals surface area contributed by atoms with Crippen LogP contribution >= 0.6 is 0 Å². The molecule has 0 N–H and O–H groups in total. The lowest BCUT2D eigenvalue weighted by atomic mass is 9.95. The van der Waals surface area contributed by atoms with Gasteiger partial charge in [-0.2, -0.15) is 0 Å². The Kier molecular flexibility index (Phi) is 14.9. The molecule has 2 aromatic carbocycles. The Morgan fingerprint density at radius 2 is 0.855 bits per heavy atom. The topological polar surface area (TPSA) is 161 Å². The summed E-state index contributed by atoms with van der Waals surface area (Å²) >= 11 is 0. The summed E-state index contributed by atoms with van der Waals surface area (Å²) in [5.41, 5.74) is 0.317. The van der Waals surface area contributed by atoms with Crippen LogP contribution in [0.25, 0.3) is 0 Å². The standard InChI is InChI=1S/C40H60N2O10S3/c1-39(2,3)51-37(43)41-23-15-33(16-24-41)21-29-54(47,48)35-11-7-31(8-12-35)19-27-53(45,46)28-20-32-9-13-36(14-10-32)55(49,50)30-22-34-17-25-42(26-18-34)38(44)52-40(4,5)6/h7-14,33-34H,15-30H2,1-6H3. The molecule has 4 rings (SSSR count). The molecule has 12 nitrogen and oxygen atoms in total. The summed E-state index contributed by atoms with van der Waals surface area (Å²) < 4.78 is 88.9. The van der Waals surface area contributed by atoms with Crippen molar-refractivity contribution in [1.29, 1.82) is 0 Å². The Morgan fingerprint density at radius 3 is 1.15 bits per heavy atom. The number of rotatable bonds is 14. The fourth-order valence-electron chi connectivity index (χ4n) is 6.72. The number of aryl methyl sites for hydroxylation is 2. The van der Waals surface area contributed by atoms with E-state index >= 15 is 0 Å². The van der Waals surface area contributed by atoms with Crippen LogP contribution in [0.1, 0.15) is 91.2 Å². The highest BCUT2D eigenvalue weighted by molar-refractivity contribution is 7.92. The zero-order valence-corrected chi connectivity index (χ0v) is 35.7. The van der Waals surface area contributed by atoms with Crippen LogP contribution in [0.4, 0.5) is 9.59 Å². The highest BCUT2D eigenvalue weighted by Gasteiger charge is 2.29. The fourth-order valence-corrected chi connectivity index (χ4v) is 10.9. The first-order valence-corrected chi connectivity index (χ1v) is 24.4. The first-order chi connectivity index (χ1) is 25.5. The number of sulfone groups is 3. The number of benzene rings is 2. The normalized spacial score (nSPS) is 16.9. The van der Waals surface area contributed by atoms with Crippen molar-refractivity contribution >= 4 is 41.7 Å². The van der Waals surface area contributed by atoms with E-state index in [1.807, 2.05) is 41.5 Å². The van der Waals surface area contributed by atoms with Crippen molar-refractivity contribution in [2.45, 2.75) is 114 Å². The van der Waals surface area contributed by atoms with E-state index in [0.29, 0.717) is 39.0 Å². The monoisotopic (exact) mass is 824 g/mol. The van der Waals surface area contributed by atoms with Crippen LogP contribution in [0.15, 0.2) is 58.3 Å². The number of hydrogen-bond acceptors (Lipinski definition) is 10. The highest BCUT2D eigenvalue weighted by atomic mass is 32.2. The maximum Gasteiger partial charge on any atom is 0.410 e. The summed E-state index contributed by atoms with van der Waals surface area (Å²) in [6.07, 6.45) is 3.69. The molecular formula is C40H60N2O10S3. The number of carbonyl (C=O) groups is 2. The lowest BCUT2D eigenvalue weighted by Crippen LogP contribution is -2.41. The minimum absolute atomic E-state index is 0.00286. The molecule has 0 spiro atoms. The van der Waals surface area contributed by atoms with Gasteiger partial charge in [-0.15, -0.1) is 0 Å². The summed E-state index contributed by atoms with van der Waals surface area (Å²) in [6.45, 7) is 13.1. The first-order valence-electron chi connectivity index (χ1n) is 19.3. The van der Waals surface area contributed by atoms with E-state index in [2.05, 4.69) is 0 Å². The van der Waals surface area contributed by atoms with E-state index in [4.69, 9.17) is 9.47 Å². The molecule has 0 aliphatic carbocycles. The van der Waals surface area contributed by atoms with Crippen molar-refractivity contribution in [3.05, 3.63) is 59.7 Å². The van der Waals surface area contributed by atoms with Crippen LogP contribution in [0.2, 0.25) is 0 Å². The number of carbonyl (C=O) groups excluding carboxylic acids is 2. The molecule has 2 aliphatic heterocycles. The Hall–Kier alpha value is -3.17. The Morgan fingerprint density at radius 1 is 0.545 bits per heavy atom. The van der Waals surface area contributed by atoms with Gasteiger partial charge in [-0.3, -0.25) is 0 Å². The first kappa shape index (κ1) is 44.5. The second-order valence-electron chi connectivity index (χ2n) is 17.0. The average molecular weight is 825 g/mol. The maximum absolute atomic E-state index is 13.1. The molecule has 308 valence electrons. The van der Waals surface area contributed by atoms with Gasteiger partial charge >= 0.3 is 12.2 Å². The van der Waals surface area contributed by atoms with Crippen LogP contribution < -0.4 is 0 Å². The molecule has 2 amide bonds. The Bertz CT molecular complexity index is 1780. The van der Waals surface area contributed by atoms with Crippen LogP contribution in [-0.4, -0.2) is 108 Å². The second-order valence-corrected chi connectivity index (χ2v) is 23.5. The van der Waals surface area contributed by atoms with Gasteiger partial charge in [-0.25, -0.2) is 34.8 Å². The molecule has 0 aromatic heterocycles. The van der Waals surface area contributed by atoms with Crippen molar-refractivity contribution in [3.63, 3.8) is 0 Å². The Labute approximate surface area is 329 Å². The van der Waals surface area contributed by atoms with Gasteiger partial charge in [0.15, 0.2) is 29.5 Å². The summed E-state index contributed by atoms with van der Waals surface area (Å²) in [4.78, 5) is 28.4. The summed E-state index contributed by atoms with van der Waals surface area (Å²) in [5.74, 6) is 0.215. The van der Waals surface area contributed by atoms with Crippen molar-refractivity contribution in [3.8, 4) is 0 Å². The summed E-state index contributed by atoms with van der Waals surface area (Å²) in [6, 6.07) is 12.8. The average Bonchev–Trinajstić information content (AvgIpc) is 3.11. The van der Waals surface area contributed by atoms with Crippen molar-refractivity contribution in [1.82, 2.24) is 9.80 Å². The molecule has 2 aliphatic rings. The van der Waals surface area contributed by atoms with Gasteiger partial charge in [-0.1, -0.05) is 24.3 Å². The molecule has 2 aromatic rings. The fraction of sp³-hybridized carbons (Fsp3) is 0.650. The van der Waals surface area contributed by atoms with Crippen molar-refractivity contribution < 1.29 is 44.3 Å². The van der Waals surface area contributed by atoms with Gasteiger partial charge in [0, 0.05) is 26.2 Å². The number of amides is 2. The van der Waals surface area contributed by atoms with Gasteiger partial charge in [0.1, 0.15) is 11.2 Å². The zero-order valence-electron chi connectivity index (χ0n) is 33.3. The Balaban J connectivity index is 1.16. The van der Waals surface area contributed by atoms with Gasteiger partial charge < -0.3 is 19.3 Å². The van der Waals surface area contributed by atoms with Crippen molar-refractivity contribution in [2.75, 3.05) is 49.2 Å². The smallest absolute Gasteiger partial charge is 0.410 e. The summed E-state index contributed by atoms with van der Waals surface area (Å²) in [7, 11) is -10.5. The molecule has 2 saturated heterocycles. The molecule has 0 saturated carbocycles. The molecule has 0 radical (unpaired) electrons. The number of likely N-dealkylation sites (tertiary alicyclic amines) is 2. The van der Waals surface area contributed by atoms with Crippen LogP contribution in [0.5, 0.6) is 0 Å². The number of piperidine rings is 2. The van der Waals surface area contributed by atoms with E-state index in [0.717, 1.165) is 36.8 Å². The predicted molar refractivity (Wildman–Crippen MR) is 213 cm³/mol. The van der Waals surface area contributed by atoms with E-state index in [1.165, 1.54) is 24.3 Å². The van der Waals surface area contributed by atoms with Crippen LogP contribution in [-0.2, 0) is 51.8 Å². The van der Waals surface area contributed by atoms with E-state index in [-0.39, 0.29) is 69.7 Å².